The van der Waals surface area contributed by atoms with Gasteiger partial charge in [0, 0.05) is 12.3 Å². The summed E-state index contributed by atoms with van der Waals surface area (Å²) in [6.07, 6.45) is -3.27. The van der Waals surface area contributed by atoms with Gasteiger partial charge in [-0.05, 0) is 5.56 Å². The summed E-state index contributed by atoms with van der Waals surface area (Å²) in [6, 6.07) is 8.91. The van der Waals surface area contributed by atoms with E-state index in [9.17, 15) is 29.4 Å². The van der Waals surface area contributed by atoms with E-state index in [1.807, 2.05) is 11.1 Å². The maximum Gasteiger partial charge on any atom is 0.407 e. The number of H-pyrrole nitrogens is 1. The number of carbonyl (C=O) groups excluding carboxylic acids is 2. The molecular formula is C19H22N4O8. The molecule has 0 bridgehead atoms. The molecule has 5 N–H and O–H groups in total. The first-order chi connectivity index (χ1) is 14.9. The minimum absolute atomic E-state index is 0.0266. The summed E-state index contributed by atoms with van der Waals surface area (Å²) in [5, 5.41) is 24.5. The fourth-order valence-corrected chi connectivity index (χ4v) is 3.08. The molecule has 1 aromatic heterocycles. The van der Waals surface area contributed by atoms with Crippen molar-refractivity contribution in [3.8, 4) is 0 Å². The maximum absolute atomic E-state index is 12.3. The molecule has 2 heterocycles. The normalized spacial score (nSPS) is 22.6. The zero-order valence-corrected chi connectivity index (χ0v) is 16.3. The average Bonchev–Trinajstić information content (AvgIpc) is 3.06. The molecule has 12 heteroatoms. The van der Waals surface area contributed by atoms with Crippen LogP contribution in [-0.4, -0.2) is 63.2 Å². The molecule has 1 aliphatic heterocycles. The first-order valence-electron chi connectivity index (χ1n) is 9.39. The van der Waals surface area contributed by atoms with Crippen molar-refractivity contribution >= 4 is 12.0 Å². The van der Waals surface area contributed by atoms with Crippen LogP contribution in [0.25, 0.3) is 0 Å². The van der Waals surface area contributed by atoms with Crippen molar-refractivity contribution in [1.82, 2.24) is 20.2 Å². The monoisotopic (exact) mass is 434 g/mol. The number of alkyl carbamates (subject to hydrolysis) is 1. The lowest BCUT2D eigenvalue weighted by Gasteiger charge is -2.23. The molecule has 0 saturated carbocycles. The Bertz CT molecular complexity index is 1020. The van der Waals surface area contributed by atoms with Gasteiger partial charge in [-0.25, -0.2) is 9.59 Å². The number of amides is 2. The van der Waals surface area contributed by atoms with Crippen LogP contribution in [-0.2, 0) is 20.9 Å². The first kappa shape index (κ1) is 22.2. The van der Waals surface area contributed by atoms with Crippen LogP contribution < -0.4 is 21.9 Å². The van der Waals surface area contributed by atoms with Gasteiger partial charge in [-0.15, -0.1) is 0 Å². The Balaban J connectivity index is 1.59. The largest absolute Gasteiger partial charge is 0.445 e. The van der Waals surface area contributed by atoms with E-state index in [-0.39, 0.29) is 6.61 Å². The molecule has 1 aromatic carbocycles. The number of aromatic nitrogens is 2. The van der Waals surface area contributed by atoms with E-state index in [2.05, 4.69) is 10.6 Å². The Kier molecular flexibility index (Phi) is 7.18. The van der Waals surface area contributed by atoms with Crippen LogP contribution in [0.3, 0.4) is 0 Å². The van der Waals surface area contributed by atoms with E-state index in [1.54, 1.807) is 24.3 Å². The van der Waals surface area contributed by atoms with Crippen LogP contribution in [0, 0.1) is 0 Å². The second-order valence-electron chi connectivity index (χ2n) is 6.76. The molecule has 2 aromatic rings. The molecule has 0 spiro atoms. The zero-order chi connectivity index (χ0) is 22.4. The van der Waals surface area contributed by atoms with Crippen molar-refractivity contribution < 1.29 is 29.3 Å². The summed E-state index contributed by atoms with van der Waals surface area (Å²) in [4.78, 5) is 49.4. The SMILES string of the molecule is O=C(CNC(=O)OCc1ccccc1)N[C@@H]1[C@H](O)[C@@H](CO)O[C@H]1n1ccc(=O)[nH]c1=O. The Hall–Kier alpha value is -3.48. The van der Waals surface area contributed by atoms with Gasteiger partial charge in [-0.3, -0.25) is 19.1 Å². The van der Waals surface area contributed by atoms with Gasteiger partial charge >= 0.3 is 11.8 Å². The molecule has 4 atom stereocenters. The van der Waals surface area contributed by atoms with Crippen LogP contribution in [0.2, 0.25) is 0 Å². The molecule has 31 heavy (non-hydrogen) atoms. The number of ether oxygens (including phenoxy) is 2. The summed E-state index contributed by atoms with van der Waals surface area (Å²) in [7, 11) is 0. The van der Waals surface area contributed by atoms with Crippen molar-refractivity contribution in [3.05, 3.63) is 69.0 Å². The predicted octanol–water partition coefficient (Wildman–Crippen LogP) is -1.80. The number of carbonyl (C=O) groups is 2. The Morgan fingerprint density at radius 3 is 2.61 bits per heavy atom. The lowest BCUT2D eigenvalue weighted by Crippen LogP contribution is -2.51. The van der Waals surface area contributed by atoms with Crippen LogP contribution in [0.15, 0.2) is 52.2 Å². The third-order valence-corrected chi connectivity index (χ3v) is 4.61. The molecule has 0 unspecified atom stereocenters. The summed E-state index contributed by atoms with van der Waals surface area (Å²) in [5.74, 6) is -0.689. The number of aromatic amines is 1. The number of nitrogens with one attached hydrogen (secondary N) is 3. The van der Waals surface area contributed by atoms with E-state index in [1.165, 1.54) is 0 Å². The van der Waals surface area contributed by atoms with E-state index < -0.39 is 60.9 Å². The van der Waals surface area contributed by atoms with E-state index in [0.29, 0.717) is 0 Å². The van der Waals surface area contributed by atoms with Crippen molar-refractivity contribution in [1.29, 1.82) is 0 Å². The highest BCUT2D eigenvalue weighted by molar-refractivity contribution is 5.82. The average molecular weight is 434 g/mol. The fraction of sp³-hybridized carbons (Fsp3) is 0.368. The van der Waals surface area contributed by atoms with E-state index >= 15 is 0 Å². The number of rotatable bonds is 7. The molecule has 0 radical (unpaired) electrons. The van der Waals surface area contributed by atoms with Gasteiger partial charge in [0.05, 0.1) is 6.61 Å². The Labute approximate surface area is 175 Å². The number of benzene rings is 1. The summed E-state index contributed by atoms with van der Waals surface area (Å²) >= 11 is 0. The van der Waals surface area contributed by atoms with Gasteiger partial charge in [0.15, 0.2) is 6.23 Å². The number of nitrogens with zero attached hydrogens (tertiary/aromatic N) is 1. The topological polar surface area (TPSA) is 172 Å². The molecule has 2 amide bonds. The highest BCUT2D eigenvalue weighted by Gasteiger charge is 2.45. The van der Waals surface area contributed by atoms with Crippen molar-refractivity contribution in [3.63, 3.8) is 0 Å². The quantitative estimate of drug-likeness (QED) is 0.339. The highest BCUT2D eigenvalue weighted by Crippen LogP contribution is 2.28. The van der Waals surface area contributed by atoms with Crippen LogP contribution in [0.5, 0.6) is 0 Å². The van der Waals surface area contributed by atoms with Gasteiger partial charge in [0.1, 0.15) is 31.4 Å². The highest BCUT2D eigenvalue weighted by atomic mass is 16.6. The lowest BCUT2D eigenvalue weighted by atomic mass is 10.1. The standard InChI is InChI=1S/C19H22N4O8/c24-9-12-16(27)15(17(31-12)23-7-6-13(25)22-18(23)28)21-14(26)8-20-19(29)30-10-11-4-2-1-3-5-11/h1-7,12,15-17,24,27H,8-10H2,(H,20,29)(H,21,26)(H,22,25,28)/t12-,15-,16-,17-/m1/s1. The minimum atomic E-state index is -1.34. The van der Waals surface area contributed by atoms with Crippen molar-refractivity contribution in [2.45, 2.75) is 31.1 Å². The third-order valence-electron chi connectivity index (χ3n) is 4.61. The molecular weight excluding hydrogens is 412 g/mol. The Morgan fingerprint density at radius 2 is 1.94 bits per heavy atom. The van der Waals surface area contributed by atoms with Gasteiger partial charge in [0.2, 0.25) is 5.91 Å². The van der Waals surface area contributed by atoms with Gasteiger partial charge in [0.25, 0.3) is 5.56 Å². The number of aliphatic hydroxyl groups excluding tert-OH is 2. The van der Waals surface area contributed by atoms with E-state index in [4.69, 9.17) is 9.47 Å². The molecule has 1 fully saturated rings. The van der Waals surface area contributed by atoms with Crippen molar-refractivity contribution in [2.75, 3.05) is 13.2 Å². The number of hydrogen-bond donors (Lipinski definition) is 5. The number of hydrogen-bond acceptors (Lipinski definition) is 8. The van der Waals surface area contributed by atoms with Crippen LogP contribution in [0.4, 0.5) is 4.79 Å². The second kappa shape index (κ2) is 10.0. The smallest absolute Gasteiger partial charge is 0.407 e. The first-order valence-corrected chi connectivity index (χ1v) is 9.39. The summed E-state index contributed by atoms with van der Waals surface area (Å²) in [5.41, 5.74) is -0.667. The van der Waals surface area contributed by atoms with Gasteiger partial charge in [-0.1, -0.05) is 30.3 Å². The zero-order valence-electron chi connectivity index (χ0n) is 16.3. The molecule has 12 nitrogen and oxygen atoms in total. The van der Waals surface area contributed by atoms with Crippen LogP contribution >= 0.6 is 0 Å². The maximum atomic E-state index is 12.3. The third kappa shape index (κ3) is 5.57. The predicted molar refractivity (Wildman–Crippen MR) is 105 cm³/mol. The van der Waals surface area contributed by atoms with Crippen molar-refractivity contribution in [2.24, 2.45) is 0 Å². The van der Waals surface area contributed by atoms with Gasteiger partial charge < -0.3 is 30.3 Å². The minimum Gasteiger partial charge on any atom is -0.445 e. The summed E-state index contributed by atoms with van der Waals surface area (Å²) in [6.45, 7) is -1.00. The number of aliphatic hydroxyl groups is 2. The second-order valence-corrected chi connectivity index (χ2v) is 6.76. The molecule has 0 aliphatic carbocycles. The van der Waals surface area contributed by atoms with Crippen LogP contribution in [0.1, 0.15) is 11.8 Å². The molecule has 1 aliphatic rings. The lowest BCUT2D eigenvalue weighted by molar-refractivity contribution is -0.122. The molecule has 3 rings (SSSR count). The molecule has 166 valence electrons. The fourth-order valence-electron chi connectivity index (χ4n) is 3.08. The molecule has 1 saturated heterocycles. The summed E-state index contributed by atoms with van der Waals surface area (Å²) < 4.78 is 11.5. The van der Waals surface area contributed by atoms with Gasteiger partial charge in [-0.2, -0.15) is 0 Å². The van der Waals surface area contributed by atoms with E-state index in [0.717, 1.165) is 22.4 Å². The Morgan fingerprint density at radius 1 is 1.19 bits per heavy atom.